The number of rotatable bonds is 1. The molecule has 2 rings (SSSR count). The van der Waals surface area contributed by atoms with Crippen molar-refractivity contribution in [1.82, 2.24) is 10.3 Å². The topological polar surface area (TPSA) is 24.9 Å². The van der Waals surface area contributed by atoms with Gasteiger partial charge < -0.3 is 5.32 Å². The molecule has 53 valence electrons. The normalized spacial score (nSPS) is 25.4. The SMILES string of the molecule is [c]1nc(C2CCNC2)cs1. The predicted molar refractivity (Wildman–Crippen MR) is 41.2 cm³/mol. The van der Waals surface area contributed by atoms with Gasteiger partial charge in [0.2, 0.25) is 0 Å². The Balaban J connectivity index is 2.12. The quantitative estimate of drug-likeness (QED) is 0.651. The fraction of sp³-hybridized carbons (Fsp3) is 0.571. The Bertz CT molecular complexity index is 189. The highest BCUT2D eigenvalue weighted by Crippen LogP contribution is 2.20. The van der Waals surface area contributed by atoms with Crippen molar-refractivity contribution >= 4 is 11.3 Å². The summed E-state index contributed by atoms with van der Waals surface area (Å²) >= 11 is 1.56. The summed E-state index contributed by atoms with van der Waals surface area (Å²) in [6.45, 7) is 2.24. The van der Waals surface area contributed by atoms with Gasteiger partial charge in [-0.3, -0.25) is 0 Å². The van der Waals surface area contributed by atoms with E-state index in [1.54, 1.807) is 11.3 Å². The van der Waals surface area contributed by atoms with Gasteiger partial charge in [0.25, 0.3) is 0 Å². The first-order chi connectivity index (χ1) is 4.97. The summed E-state index contributed by atoms with van der Waals surface area (Å²) in [6, 6.07) is 0. The summed E-state index contributed by atoms with van der Waals surface area (Å²) in [6.07, 6.45) is 1.23. The molecule has 2 heterocycles. The third kappa shape index (κ3) is 1.07. The number of hydrogen-bond donors (Lipinski definition) is 1. The van der Waals surface area contributed by atoms with Crippen molar-refractivity contribution in [2.24, 2.45) is 0 Å². The molecule has 1 radical (unpaired) electrons. The van der Waals surface area contributed by atoms with E-state index in [2.05, 4.69) is 21.2 Å². The van der Waals surface area contributed by atoms with Crippen molar-refractivity contribution in [1.29, 1.82) is 0 Å². The van der Waals surface area contributed by atoms with Crippen molar-refractivity contribution in [3.05, 3.63) is 16.6 Å². The lowest BCUT2D eigenvalue weighted by molar-refractivity contribution is 0.741. The molecule has 0 bridgehead atoms. The van der Waals surface area contributed by atoms with E-state index in [0.29, 0.717) is 5.92 Å². The first-order valence-electron chi connectivity index (χ1n) is 3.49. The number of nitrogens with zero attached hydrogens (tertiary/aromatic N) is 1. The van der Waals surface area contributed by atoms with Crippen LogP contribution < -0.4 is 5.32 Å². The van der Waals surface area contributed by atoms with Gasteiger partial charge in [-0.15, -0.1) is 11.3 Å². The minimum Gasteiger partial charge on any atom is -0.316 e. The van der Waals surface area contributed by atoms with Crippen molar-refractivity contribution < 1.29 is 0 Å². The minimum atomic E-state index is 0.655. The molecule has 1 aliphatic heterocycles. The maximum Gasteiger partial charge on any atom is 0.152 e. The summed E-state index contributed by atoms with van der Waals surface area (Å²) in [4.78, 5) is 4.15. The van der Waals surface area contributed by atoms with Crippen LogP contribution in [0.1, 0.15) is 18.0 Å². The van der Waals surface area contributed by atoms with E-state index in [9.17, 15) is 0 Å². The molecule has 1 fully saturated rings. The zero-order valence-electron chi connectivity index (χ0n) is 5.63. The van der Waals surface area contributed by atoms with E-state index in [-0.39, 0.29) is 0 Å². The second-order valence-corrected chi connectivity index (χ2v) is 3.21. The summed E-state index contributed by atoms with van der Waals surface area (Å²) in [5.74, 6) is 0.655. The van der Waals surface area contributed by atoms with Crippen LogP contribution in [0.4, 0.5) is 0 Å². The second-order valence-electron chi connectivity index (χ2n) is 2.55. The maximum absolute atomic E-state index is 4.15. The lowest BCUT2D eigenvalue weighted by Crippen LogP contribution is -2.07. The Morgan fingerprint density at radius 1 is 1.80 bits per heavy atom. The summed E-state index contributed by atoms with van der Waals surface area (Å²) in [5, 5.41) is 5.41. The largest absolute Gasteiger partial charge is 0.316 e. The Morgan fingerprint density at radius 2 is 2.80 bits per heavy atom. The molecule has 2 nitrogen and oxygen atoms in total. The third-order valence-electron chi connectivity index (χ3n) is 1.89. The van der Waals surface area contributed by atoms with E-state index in [4.69, 9.17) is 0 Å². The van der Waals surface area contributed by atoms with Gasteiger partial charge in [-0.2, -0.15) is 0 Å². The van der Waals surface area contributed by atoms with E-state index in [1.807, 2.05) is 0 Å². The van der Waals surface area contributed by atoms with Crippen LogP contribution in [-0.2, 0) is 0 Å². The highest BCUT2D eigenvalue weighted by molar-refractivity contribution is 7.07. The fourth-order valence-corrected chi connectivity index (χ4v) is 1.86. The zero-order valence-corrected chi connectivity index (χ0v) is 6.45. The Hall–Kier alpha value is -0.410. The van der Waals surface area contributed by atoms with E-state index >= 15 is 0 Å². The van der Waals surface area contributed by atoms with Crippen LogP contribution in [0.25, 0.3) is 0 Å². The van der Waals surface area contributed by atoms with Gasteiger partial charge in [0.15, 0.2) is 5.51 Å². The van der Waals surface area contributed by atoms with Crippen molar-refractivity contribution in [2.75, 3.05) is 13.1 Å². The molecule has 3 heteroatoms. The number of aromatic nitrogens is 1. The molecule has 1 aromatic rings. The molecule has 1 saturated heterocycles. The molecular formula is C7H9N2S. The average molecular weight is 153 g/mol. The molecule has 1 unspecified atom stereocenters. The van der Waals surface area contributed by atoms with Crippen LogP contribution in [0.5, 0.6) is 0 Å². The smallest absolute Gasteiger partial charge is 0.152 e. The molecule has 0 spiro atoms. The van der Waals surface area contributed by atoms with E-state index < -0.39 is 0 Å². The number of thiazole rings is 1. The molecule has 1 N–H and O–H groups in total. The lowest BCUT2D eigenvalue weighted by atomic mass is 10.1. The molecule has 0 amide bonds. The van der Waals surface area contributed by atoms with Crippen LogP contribution in [0.3, 0.4) is 0 Å². The summed E-state index contributed by atoms with van der Waals surface area (Å²) in [7, 11) is 0. The van der Waals surface area contributed by atoms with Gasteiger partial charge in [0.05, 0.1) is 5.69 Å². The Labute approximate surface area is 64.3 Å². The van der Waals surface area contributed by atoms with Gasteiger partial charge in [-0.25, -0.2) is 4.98 Å². The Morgan fingerprint density at radius 3 is 3.40 bits per heavy atom. The standard InChI is InChI=1S/C7H9N2S/c1-2-8-3-6(1)7-4-10-5-9-7/h4,6,8H,1-3H2. The van der Waals surface area contributed by atoms with Crippen LogP contribution in [0.2, 0.25) is 0 Å². The summed E-state index contributed by atoms with van der Waals surface area (Å²) in [5.41, 5.74) is 4.09. The van der Waals surface area contributed by atoms with Gasteiger partial charge in [-0.05, 0) is 13.0 Å². The molecule has 10 heavy (non-hydrogen) atoms. The molecule has 1 aromatic heterocycles. The second kappa shape index (κ2) is 2.68. The third-order valence-corrected chi connectivity index (χ3v) is 2.44. The van der Waals surface area contributed by atoms with Crippen LogP contribution in [0.15, 0.2) is 5.38 Å². The first-order valence-corrected chi connectivity index (χ1v) is 4.37. The zero-order chi connectivity index (χ0) is 6.81. The molecule has 0 aliphatic carbocycles. The fourth-order valence-electron chi connectivity index (χ4n) is 1.29. The van der Waals surface area contributed by atoms with Crippen molar-refractivity contribution in [3.63, 3.8) is 0 Å². The number of nitrogens with one attached hydrogen (secondary N) is 1. The number of hydrogen-bond acceptors (Lipinski definition) is 3. The van der Waals surface area contributed by atoms with Crippen LogP contribution in [-0.4, -0.2) is 18.1 Å². The average Bonchev–Trinajstić information content (AvgIpc) is 2.59. The van der Waals surface area contributed by atoms with Gasteiger partial charge >= 0.3 is 0 Å². The van der Waals surface area contributed by atoms with Gasteiger partial charge in [0, 0.05) is 17.8 Å². The lowest BCUT2D eigenvalue weighted by Gasteiger charge is -2.00. The van der Waals surface area contributed by atoms with E-state index in [1.165, 1.54) is 12.1 Å². The summed E-state index contributed by atoms with van der Waals surface area (Å²) < 4.78 is 0. The predicted octanol–water partition coefficient (Wildman–Crippen LogP) is 1.02. The molecule has 0 aromatic carbocycles. The molecule has 1 atom stereocenters. The van der Waals surface area contributed by atoms with Crippen molar-refractivity contribution in [3.8, 4) is 0 Å². The van der Waals surface area contributed by atoms with Crippen LogP contribution >= 0.6 is 11.3 Å². The van der Waals surface area contributed by atoms with Gasteiger partial charge in [0.1, 0.15) is 0 Å². The Kier molecular flexibility index (Phi) is 1.69. The van der Waals surface area contributed by atoms with Gasteiger partial charge in [-0.1, -0.05) is 0 Å². The molecule has 1 aliphatic rings. The van der Waals surface area contributed by atoms with E-state index in [0.717, 1.165) is 13.1 Å². The molecular weight excluding hydrogens is 144 g/mol. The molecule has 0 saturated carbocycles. The maximum atomic E-state index is 4.15. The highest BCUT2D eigenvalue weighted by atomic mass is 32.1. The minimum absolute atomic E-state index is 0.655. The highest BCUT2D eigenvalue weighted by Gasteiger charge is 2.17. The van der Waals surface area contributed by atoms with Crippen LogP contribution in [0, 0.1) is 5.51 Å². The van der Waals surface area contributed by atoms with Crippen molar-refractivity contribution in [2.45, 2.75) is 12.3 Å². The first kappa shape index (κ1) is 6.31. The monoisotopic (exact) mass is 153 g/mol.